The summed E-state index contributed by atoms with van der Waals surface area (Å²) < 4.78 is 0. The lowest BCUT2D eigenvalue weighted by Crippen LogP contribution is -2.58. The Kier molecular flexibility index (Phi) is 3.78. The predicted molar refractivity (Wildman–Crippen MR) is 81.1 cm³/mol. The number of nitrogens with one attached hydrogen (secondary N) is 2. The Hall–Kier alpha value is -2.82. The van der Waals surface area contributed by atoms with Gasteiger partial charge in [-0.3, -0.25) is 9.59 Å². The van der Waals surface area contributed by atoms with E-state index in [1.54, 1.807) is 24.3 Å². The number of amides is 2. The molecule has 22 heavy (non-hydrogen) atoms. The van der Waals surface area contributed by atoms with Gasteiger partial charge in [0, 0.05) is 6.42 Å². The highest BCUT2D eigenvalue weighted by Crippen LogP contribution is 2.18. The molecule has 1 aliphatic heterocycles. The summed E-state index contributed by atoms with van der Waals surface area (Å²) in [5.74, 6) is -0.249. The van der Waals surface area contributed by atoms with Crippen LogP contribution in [0.3, 0.4) is 0 Å². The molecule has 3 rings (SSSR count). The van der Waals surface area contributed by atoms with Crippen molar-refractivity contribution >= 4 is 11.8 Å². The largest absolute Gasteiger partial charge is 0.508 e. The van der Waals surface area contributed by atoms with Gasteiger partial charge in [-0.15, -0.1) is 0 Å². The van der Waals surface area contributed by atoms with Gasteiger partial charge in [-0.05, 0) is 23.3 Å². The van der Waals surface area contributed by atoms with E-state index in [4.69, 9.17) is 0 Å². The van der Waals surface area contributed by atoms with E-state index in [-0.39, 0.29) is 17.6 Å². The fraction of sp³-hybridized carbons (Fsp3) is 0.176. The fourth-order valence-electron chi connectivity index (χ4n) is 2.52. The molecule has 5 nitrogen and oxygen atoms in total. The molecule has 112 valence electrons. The molecule has 2 aromatic rings. The van der Waals surface area contributed by atoms with Crippen LogP contribution in [0.4, 0.5) is 0 Å². The number of hydrogen-bond acceptors (Lipinski definition) is 3. The number of phenols is 1. The number of hydrogen-bond donors (Lipinski definition) is 3. The molecule has 1 aliphatic rings. The summed E-state index contributed by atoms with van der Waals surface area (Å²) in [4.78, 5) is 24.4. The van der Waals surface area contributed by atoms with E-state index < -0.39 is 12.1 Å². The maximum absolute atomic E-state index is 12.2. The van der Waals surface area contributed by atoms with Crippen LogP contribution < -0.4 is 10.6 Å². The molecule has 2 atom stereocenters. The zero-order valence-corrected chi connectivity index (χ0v) is 11.8. The van der Waals surface area contributed by atoms with E-state index in [9.17, 15) is 14.7 Å². The Morgan fingerprint density at radius 1 is 0.864 bits per heavy atom. The minimum Gasteiger partial charge on any atom is -0.508 e. The van der Waals surface area contributed by atoms with Gasteiger partial charge in [0.05, 0.1) is 0 Å². The standard InChI is InChI=1S/C17H16N2O3/c20-13-8-6-11(7-9-13)10-14-16(21)19-15(17(22)18-14)12-4-2-1-3-5-12/h1-9,14-15,20H,10H2,(H,18,22)(H,19,21)/t14-,15+/m1/s1. The Bertz CT molecular complexity index is 683. The van der Waals surface area contributed by atoms with Crippen LogP contribution in [-0.4, -0.2) is 23.0 Å². The number of carbonyl (C=O) groups excluding carboxylic acids is 2. The van der Waals surface area contributed by atoms with E-state index >= 15 is 0 Å². The predicted octanol–water partition coefficient (Wildman–Crippen LogP) is 1.29. The number of rotatable bonds is 3. The second-order valence-electron chi connectivity index (χ2n) is 5.28. The summed E-state index contributed by atoms with van der Waals surface area (Å²) in [5.41, 5.74) is 1.63. The zero-order valence-electron chi connectivity index (χ0n) is 11.8. The molecule has 2 amide bonds. The fourth-order valence-corrected chi connectivity index (χ4v) is 2.52. The third-order valence-corrected chi connectivity index (χ3v) is 3.69. The normalized spacial score (nSPS) is 21.1. The third-order valence-electron chi connectivity index (χ3n) is 3.69. The molecule has 1 fully saturated rings. The van der Waals surface area contributed by atoms with Gasteiger partial charge < -0.3 is 15.7 Å². The first-order valence-corrected chi connectivity index (χ1v) is 7.07. The maximum Gasteiger partial charge on any atom is 0.247 e. The van der Waals surface area contributed by atoms with Crippen LogP contribution in [0.25, 0.3) is 0 Å². The minimum absolute atomic E-state index is 0.171. The average molecular weight is 296 g/mol. The highest BCUT2D eigenvalue weighted by molar-refractivity contribution is 5.97. The van der Waals surface area contributed by atoms with Gasteiger partial charge in [-0.2, -0.15) is 0 Å². The van der Waals surface area contributed by atoms with E-state index in [1.165, 1.54) is 0 Å². The molecule has 2 aromatic carbocycles. The molecule has 0 radical (unpaired) electrons. The lowest BCUT2D eigenvalue weighted by molar-refractivity contribution is -0.136. The van der Waals surface area contributed by atoms with Crippen molar-refractivity contribution in [1.82, 2.24) is 10.6 Å². The number of benzene rings is 2. The van der Waals surface area contributed by atoms with Crippen molar-refractivity contribution in [2.75, 3.05) is 0 Å². The van der Waals surface area contributed by atoms with Crippen molar-refractivity contribution in [3.8, 4) is 5.75 Å². The van der Waals surface area contributed by atoms with Crippen molar-refractivity contribution < 1.29 is 14.7 Å². The molecular formula is C17H16N2O3. The van der Waals surface area contributed by atoms with Gasteiger partial charge in [-0.1, -0.05) is 42.5 Å². The molecule has 1 heterocycles. The number of phenolic OH excluding ortho intramolecular Hbond substituents is 1. The second-order valence-corrected chi connectivity index (χ2v) is 5.28. The maximum atomic E-state index is 12.2. The van der Waals surface area contributed by atoms with E-state index in [2.05, 4.69) is 10.6 Å². The topological polar surface area (TPSA) is 78.4 Å². The van der Waals surface area contributed by atoms with Gasteiger partial charge in [-0.25, -0.2) is 0 Å². The van der Waals surface area contributed by atoms with Crippen molar-refractivity contribution in [2.45, 2.75) is 18.5 Å². The van der Waals surface area contributed by atoms with Gasteiger partial charge in [0.2, 0.25) is 11.8 Å². The molecule has 0 unspecified atom stereocenters. The van der Waals surface area contributed by atoms with Crippen LogP contribution in [0.1, 0.15) is 17.2 Å². The highest BCUT2D eigenvalue weighted by Gasteiger charge is 2.34. The Morgan fingerprint density at radius 2 is 1.55 bits per heavy atom. The van der Waals surface area contributed by atoms with Gasteiger partial charge in [0.25, 0.3) is 0 Å². The summed E-state index contributed by atoms with van der Waals surface area (Å²) in [6.07, 6.45) is 0.388. The SMILES string of the molecule is O=C1N[C@H](Cc2ccc(O)cc2)C(=O)N[C@H]1c1ccccc1. The number of carbonyl (C=O) groups is 2. The van der Waals surface area contributed by atoms with Gasteiger partial charge in [0.1, 0.15) is 17.8 Å². The zero-order chi connectivity index (χ0) is 15.5. The third kappa shape index (κ3) is 2.93. The Balaban J connectivity index is 1.72. The molecule has 0 aromatic heterocycles. The highest BCUT2D eigenvalue weighted by atomic mass is 16.3. The Labute approximate surface area is 128 Å². The molecule has 0 aliphatic carbocycles. The first-order chi connectivity index (χ1) is 10.6. The summed E-state index contributed by atoms with van der Waals surface area (Å²) in [6.45, 7) is 0. The van der Waals surface area contributed by atoms with Crippen LogP contribution in [-0.2, 0) is 16.0 Å². The lowest BCUT2D eigenvalue weighted by Gasteiger charge is -2.30. The first-order valence-electron chi connectivity index (χ1n) is 7.07. The molecule has 5 heteroatoms. The minimum atomic E-state index is -0.648. The number of piperazine rings is 1. The molecule has 0 bridgehead atoms. The van der Waals surface area contributed by atoms with Gasteiger partial charge in [0.15, 0.2) is 0 Å². The molecule has 1 saturated heterocycles. The van der Waals surface area contributed by atoms with E-state index in [0.717, 1.165) is 11.1 Å². The smallest absolute Gasteiger partial charge is 0.247 e. The molecule has 3 N–H and O–H groups in total. The van der Waals surface area contributed by atoms with Crippen molar-refractivity contribution in [3.63, 3.8) is 0 Å². The molecule has 0 spiro atoms. The monoisotopic (exact) mass is 296 g/mol. The van der Waals surface area contributed by atoms with E-state index in [1.807, 2.05) is 30.3 Å². The first kappa shape index (κ1) is 14.1. The average Bonchev–Trinajstić information content (AvgIpc) is 2.53. The summed E-state index contributed by atoms with van der Waals surface area (Å²) >= 11 is 0. The quantitative estimate of drug-likeness (QED) is 0.798. The summed E-state index contributed by atoms with van der Waals surface area (Å²) in [5, 5.41) is 14.8. The molecule has 0 saturated carbocycles. The van der Waals surface area contributed by atoms with Crippen LogP contribution >= 0.6 is 0 Å². The molecular weight excluding hydrogens is 280 g/mol. The van der Waals surface area contributed by atoms with Crippen LogP contribution in [0.2, 0.25) is 0 Å². The van der Waals surface area contributed by atoms with Crippen LogP contribution in [0.15, 0.2) is 54.6 Å². The van der Waals surface area contributed by atoms with Crippen LogP contribution in [0, 0.1) is 0 Å². The van der Waals surface area contributed by atoms with E-state index in [0.29, 0.717) is 6.42 Å². The lowest BCUT2D eigenvalue weighted by atomic mass is 9.98. The summed E-state index contributed by atoms with van der Waals surface area (Å²) in [7, 11) is 0. The summed E-state index contributed by atoms with van der Waals surface area (Å²) in [6, 6.07) is 14.5. The van der Waals surface area contributed by atoms with Gasteiger partial charge >= 0.3 is 0 Å². The van der Waals surface area contributed by atoms with Crippen molar-refractivity contribution in [1.29, 1.82) is 0 Å². The second kappa shape index (κ2) is 5.89. The van der Waals surface area contributed by atoms with Crippen LogP contribution in [0.5, 0.6) is 5.75 Å². The Morgan fingerprint density at radius 3 is 2.23 bits per heavy atom. The van der Waals surface area contributed by atoms with Crippen molar-refractivity contribution in [2.24, 2.45) is 0 Å². The number of aromatic hydroxyl groups is 1. The van der Waals surface area contributed by atoms with Crippen molar-refractivity contribution in [3.05, 3.63) is 65.7 Å².